The summed E-state index contributed by atoms with van der Waals surface area (Å²) in [4.78, 5) is 8.49. The second-order valence-electron chi connectivity index (χ2n) is 7.28. The van der Waals surface area contributed by atoms with Crippen LogP contribution in [-0.2, 0) is 0 Å². The first-order valence-electron chi connectivity index (χ1n) is 9.41. The summed E-state index contributed by atoms with van der Waals surface area (Å²) in [5.41, 5.74) is 3.49. The van der Waals surface area contributed by atoms with Gasteiger partial charge in [0.15, 0.2) is 0 Å². The van der Waals surface area contributed by atoms with Gasteiger partial charge in [-0.25, -0.2) is 0 Å². The molecule has 7 aromatic rings. The van der Waals surface area contributed by atoms with Crippen molar-refractivity contribution in [1.82, 2.24) is 9.97 Å². The molecule has 28 heavy (non-hydrogen) atoms. The summed E-state index contributed by atoms with van der Waals surface area (Å²) >= 11 is 1.82. The molecule has 0 saturated heterocycles. The van der Waals surface area contributed by atoms with Gasteiger partial charge in [-0.05, 0) is 40.4 Å². The number of aromatic amines is 1. The van der Waals surface area contributed by atoms with E-state index in [1.54, 1.807) is 0 Å². The smallest absolute Gasteiger partial charge is 0.0895 e. The highest BCUT2D eigenvalue weighted by molar-refractivity contribution is 7.26. The first-order valence-corrected chi connectivity index (χ1v) is 10.2. The number of nitrogens with zero attached hydrogens (tertiary/aromatic N) is 1. The molecule has 2 nitrogen and oxygen atoms in total. The quantitative estimate of drug-likeness (QED) is 0.275. The Morgan fingerprint density at radius 2 is 1.39 bits per heavy atom. The molecular formula is C25H14N2S. The number of hydrogen-bond acceptors (Lipinski definition) is 2. The van der Waals surface area contributed by atoms with Gasteiger partial charge in [0.1, 0.15) is 0 Å². The molecule has 0 saturated carbocycles. The van der Waals surface area contributed by atoms with Crippen LogP contribution in [0.3, 0.4) is 0 Å². The predicted octanol–water partition coefficient (Wildman–Crippen LogP) is 7.39. The lowest BCUT2D eigenvalue weighted by Gasteiger charge is -2.09. The van der Waals surface area contributed by atoms with Crippen LogP contribution < -0.4 is 0 Å². The van der Waals surface area contributed by atoms with Gasteiger partial charge in [0.2, 0.25) is 0 Å². The average Bonchev–Trinajstić information content (AvgIpc) is 3.32. The van der Waals surface area contributed by atoms with Crippen molar-refractivity contribution in [1.29, 1.82) is 0 Å². The van der Waals surface area contributed by atoms with Crippen molar-refractivity contribution in [3.8, 4) is 0 Å². The van der Waals surface area contributed by atoms with Crippen molar-refractivity contribution in [3.05, 3.63) is 79.0 Å². The monoisotopic (exact) mass is 374 g/mol. The second-order valence-corrected chi connectivity index (χ2v) is 8.36. The molecule has 7 rings (SSSR count). The maximum Gasteiger partial charge on any atom is 0.0895 e. The molecule has 0 unspecified atom stereocenters. The average molecular weight is 374 g/mol. The third-order valence-electron chi connectivity index (χ3n) is 5.84. The number of pyridine rings is 1. The molecule has 4 aromatic carbocycles. The molecule has 1 N–H and O–H groups in total. The lowest BCUT2D eigenvalue weighted by Crippen LogP contribution is -1.83. The van der Waals surface area contributed by atoms with E-state index in [-0.39, 0.29) is 0 Å². The van der Waals surface area contributed by atoms with Gasteiger partial charge in [0.25, 0.3) is 0 Å². The fraction of sp³-hybridized carbons (Fsp3) is 0. The number of nitrogens with one attached hydrogen (secondary N) is 1. The number of H-pyrrole nitrogens is 1. The highest BCUT2D eigenvalue weighted by Crippen LogP contribution is 2.45. The van der Waals surface area contributed by atoms with Crippen LogP contribution in [0.5, 0.6) is 0 Å². The van der Waals surface area contributed by atoms with Gasteiger partial charge in [0.05, 0.1) is 15.7 Å². The standard InChI is InChI=1S/C25H14N2S/c1-2-7-15-14(6-1)16-11-12-19-23(24-20(28-19)10-5-13-26-24)22(16)25-21(15)17-8-3-4-9-18(17)27-25/h1-13,27H. The molecule has 0 amide bonds. The van der Waals surface area contributed by atoms with Gasteiger partial charge >= 0.3 is 0 Å². The Morgan fingerprint density at radius 1 is 0.607 bits per heavy atom. The van der Waals surface area contributed by atoms with Crippen LogP contribution >= 0.6 is 11.3 Å². The van der Waals surface area contributed by atoms with Crippen LogP contribution in [0.2, 0.25) is 0 Å². The van der Waals surface area contributed by atoms with Gasteiger partial charge in [-0.3, -0.25) is 4.98 Å². The SMILES string of the molecule is c1ccc2c(c1)[nH]c1c2c2ccccc2c2ccc3sc4cccnc4c3c21. The molecule has 130 valence electrons. The number of benzene rings is 4. The summed E-state index contributed by atoms with van der Waals surface area (Å²) in [5, 5.41) is 9.02. The van der Waals surface area contributed by atoms with Crippen molar-refractivity contribution < 1.29 is 0 Å². The van der Waals surface area contributed by atoms with Gasteiger partial charge in [-0.2, -0.15) is 0 Å². The Kier molecular flexibility index (Phi) is 2.65. The van der Waals surface area contributed by atoms with E-state index in [1.807, 2.05) is 23.6 Å². The molecule has 0 fully saturated rings. The van der Waals surface area contributed by atoms with Gasteiger partial charge in [-0.15, -0.1) is 11.3 Å². The Balaban J connectivity index is 1.93. The zero-order chi connectivity index (χ0) is 18.2. The van der Waals surface area contributed by atoms with Crippen LogP contribution in [0.4, 0.5) is 0 Å². The van der Waals surface area contributed by atoms with E-state index >= 15 is 0 Å². The van der Waals surface area contributed by atoms with E-state index < -0.39 is 0 Å². The van der Waals surface area contributed by atoms with Crippen LogP contribution in [0.25, 0.3) is 63.7 Å². The molecule has 3 aromatic heterocycles. The molecule has 3 heteroatoms. The summed E-state index contributed by atoms with van der Waals surface area (Å²) in [6.07, 6.45) is 1.90. The van der Waals surface area contributed by atoms with Gasteiger partial charge < -0.3 is 4.98 Å². The van der Waals surface area contributed by atoms with Crippen LogP contribution in [0, 0.1) is 0 Å². The van der Waals surface area contributed by atoms with Crippen LogP contribution in [0.1, 0.15) is 0 Å². The fourth-order valence-electron chi connectivity index (χ4n) is 4.71. The predicted molar refractivity (Wildman–Crippen MR) is 122 cm³/mol. The molecular weight excluding hydrogens is 360 g/mol. The minimum absolute atomic E-state index is 1.10. The molecule has 3 heterocycles. The largest absolute Gasteiger partial charge is 0.354 e. The highest BCUT2D eigenvalue weighted by atomic mass is 32.1. The third-order valence-corrected chi connectivity index (χ3v) is 6.95. The summed E-state index contributed by atoms with van der Waals surface area (Å²) in [6, 6.07) is 26.1. The zero-order valence-electron chi connectivity index (χ0n) is 14.9. The highest BCUT2D eigenvalue weighted by Gasteiger charge is 2.18. The van der Waals surface area contributed by atoms with Crippen molar-refractivity contribution in [2.75, 3.05) is 0 Å². The van der Waals surface area contributed by atoms with Crippen molar-refractivity contribution in [2.45, 2.75) is 0 Å². The zero-order valence-corrected chi connectivity index (χ0v) is 15.7. The second kappa shape index (κ2) is 5.09. The number of rotatable bonds is 0. The maximum absolute atomic E-state index is 4.76. The Morgan fingerprint density at radius 3 is 2.32 bits per heavy atom. The van der Waals surface area contributed by atoms with Gasteiger partial charge in [-0.1, -0.05) is 48.5 Å². The minimum atomic E-state index is 1.10. The Labute approximate surface area is 164 Å². The molecule has 0 atom stereocenters. The van der Waals surface area contributed by atoms with E-state index in [0.717, 1.165) is 5.52 Å². The number of thiophene rings is 1. The summed E-state index contributed by atoms with van der Waals surface area (Å²) < 4.78 is 2.53. The lowest BCUT2D eigenvalue weighted by molar-refractivity contribution is 1.44. The van der Waals surface area contributed by atoms with E-state index in [4.69, 9.17) is 4.98 Å². The normalized spacial score (nSPS) is 12.3. The minimum Gasteiger partial charge on any atom is -0.354 e. The first-order chi connectivity index (χ1) is 13.9. The van der Waals surface area contributed by atoms with Crippen LogP contribution in [0.15, 0.2) is 79.0 Å². The van der Waals surface area contributed by atoms with E-state index in [9.17, 15) is 0 Å². The van der Waals surface area contributed by atoms with Crippen molar-refractivity contribution in [2.24, 2.45) is 0 Å². The van der Waals surface area contributed by atoms with E-state index in [0.29, 0.717) is 0 Å². The summed E-state index contributed by atoms with van der Waals surface area (Å²) in [7, 11) is 0. The van der Waals surface area contributed by atoms with Crippen LogP contribution in [-0.4, -0.2) is 9.97 Å². The Bertz CT molecular complexity index is 1720. The van der Waals surface area contributed by atoms with E-state index in [1.165, 1.54) is 58.1 Å². The summed E-state index contributed by atoms with van der Waals surface area (Å²) in [5.74, 6) is 0. The first kappa shape index (κ1) is 14.6. The molecule has 0 radical (unpaired) electrons. The third kappa shape index (κ3) is 1.70. The molecule has 0 spiro atoms. The summed E-state index contributed by atoms with van der Waals surface area (Å²) in [6.45, 7) is 0. The number of aromatic nitrogens is 2. The molecule has 0 aliphatic carbocycles. The van der Waals surface area contributed by atoms with Crippen molar-refractivity contribution >= 4 is 75.0 Å². The number of para-hydroxylation sites is 1. The number of fused-ring (bicyclic) bond motifs is 12. The van der Waals surface area contributed by atoms with Gasteiger partial charge in [0, 0.05) is 38.0 Å². The molecule has 0 aliphatic rings. The lowest BCUT2D eigenvalue weighted by atomic mass is 9.95. The maximum atomic E-state index is 4.76. The Hall–Kier alpha value is -3.43. The van der Waals surface area contributed by atoms with Crippen molar-refractivity contribution in [3.63, 3.8) is 0 Å². The van der Waals surface area contributed by atoms with E-state index in [2.05, 4.69) is 71.7 Å². The topological polar surface area (TPSA) is 28.7 Å². The molecule has 0 aliphatic heterocycles. The fourth-order valence-corrected chi connectivity index (χ4v) is 5.78. The number of hydrogen-bond donors (Lipinski definition) is 1. The molecule has 0 bridgehead atoms.